The van der Waals surface area contributed by atoms with E-state index in [0.29, 0.717) is 0 Å². The Kier molecular flexibility index (Phi) is 1.96. The molecule has 2 aliphatic heterocycles. The Morgan fingerprint density at radius 2 is 2.27 bits per heavy atom. The molecule has 0 aliphatic carbocycles. The van der Waals surface area contributed by atoms with Gasteiger partial charge >= 0.3 is 0 Å². The van der Waals surface area contributed by atoms with E-state index in [1.807, 2.05) is 0 Å². The minimum atomic E-state index is 0.286. The maximum absolute atomic E-state index is 4.59. The Morgan fingerprint density at radius 1 is 1.33 bits per heavy atom. The first kappa shape index (κ1) is 9.16. The lowest BCUT2D eigenvalue weighted by atomic mass is 9.87. The fraction of sp³-hybridized carbons (Fsp3) is 0.583. The van der Waals surface area contributed by atoms with Gasteiger partial charge in [-0.3, -0.25) is 0 Å². The molecule has 2 N–H and O–H groups in total. The van der Waals surface area contributed by atoms with Gasteiger partial charge in [0.2, 0.25) is 0 Å². The van der Waals surface area contributed by atoms with Crippen LogP contribution in [0.3, 0.4) is 0 Å². The number of rotatable bonds is 0. The third kappa shape index (κ3) is 1.51. The van der Waals surface area contributed by atoms with Crippen LogP contribution >= 0.6 is 0 Å². The van der Waals surface area contributed by atoms with Gasteiger partial charge in [-0.05, 0) is 44.4 Å². The predicted molar refractivity (Wildman–Crippen MR) is 61.1 cm³/mol. The lowest BCUT2D eigenvalue weighted by Gasteiger charge is -2.35. The molecule has 1 aromatic heterocycles. The van der Waals surface area contributed by atoms with Crippen LogP contribution in [-0.2, 0) is 6.42 Å². The van der Waals surface area contributed by atoms with Crippen LogP contribution in [0.5, 0.6) is 0 Å². The Balaban J connectivity index is 1.94. The van der Waals surface area contributed by atoms with Gasteiger partial charge in [-0.15, -0.1) is 0 Å². The highest BCUT2D eigenvalue weighted by atomic mass is 15.1. The van der Waals surface area contributed by atoms with E-state index in [2.05, 4.69) is 34.7 Å². The molecule has 0 radical (unpaired) electrons. The van der Waals surface area contributed by atoms with E-state index < -0.39 is 0 Å². The van der Waals surface area contributed by atoms with E-state index in [9.17, 15) is 0 Å². The summed E-state index contributed by atoms with van der Waals surface area (Å²) in [5.41, 5.74) is 2.76. The highest BCUT2D eigenvalue weighted by Crippen LogP contribution is 2.33. The maximum atomic E-state index is 4.59. The fourth-order valence-corrected chi connectivity index (χ4v) is 2.65. The normalized spacial score (nSPS) is 28.9. The molecule has 3 rings (SSSR count). The molecule has 80 valence electrons. The van der Waals surface area contributed by atoms with Crippen molar-refractivity contribution in [2.24, 2.45) is 0 Å². The van der Waals surface area contributed by atoms with Crippen molar-refractivity contribution >= 4 is 5.82 Å². The molecular formula is C12H17N3. The average molecular weight is 203 g/mol. The molecule has 0 saturated carbocycles. The number of hydrogen-bond donors (Lipinski definition) is 2. The second-order valence-electron chi connectivity index (χ2n) is 4.79. The number of fused-ring (bicyclic) bond motifs is 1. The van der Waals surface area contributed by atoms with Gasteiger partial charge in [-0.1, -0.05) is 6.07 Å². The van der Waals surface area contributed by atoms with E-state index in [1.165, 1.54) is 18.4 Å². The topological polar surface area (TPSA) is 37.0 Å². The van der Waals surface area contributed by atoms with E-state index in [4.69, 9.17) is 0 Å². The van der Waals surface area contributed by atoms with E-state index >= 15 is 0 Å². The number of nitrogens with zero attached hydrogens (tertiary/aromatic N) is 1. The Bertz CT molecular complexity index is 380. The van der Waals surface area contributed by atoms with Crippen LogP contribution in [0.2, 0.25) is 0 Å². The molecule has 1 aromatic rings. The third-order valence-electron chi connectivity index (χ3n) is 3.62. The van der Waals surface area contributed by atoms with Crippen LogP contribution in [-0.4, -0.2) is 23.6 Å². The first-order chi connectivity index (χ1) is 7.27. The highest BCUT2D eigenvalue weighted by Gasteiger charge is 2.36. The minimum absolute atomic E-state index is 0.286. The van der Waals surface area contributed by atoms with Gasteiger partial charge in [0.15, 0.2) is 0 Å². The highest BCUT2D eigenvalue weighted by molar-refractivity contribution is 5.50. The zero-order valence-electron chi connectivity index (χ0n) is 9.14. The molecule has 3 nitrogen and oxygen atoms in total. The Labute approximate surface area is 90.3 Å². The summed E-state index contributed by atoms with van der Waals surface area (Å²) in [6.45, 7) is 4.27. The van der Waals surface area contributed by atoms with Crippen LogP contribution in [0.15, 0.2) is 12.1 Å². The molecule has 0 unspecified atom stereocenters. The summed E-state index contributed by atoms with van der Waals surface area (Å²) in [5, 5.41) is 7.08. The van der Waals surface area contributed by atoms with Gasteiger partial charge in [0, 0.05) is 12.2 Å². The molecule has 1 spiro atoms. The molecule has 15 heavy (non-hydrogen) atoms. The average Bonchev–Trinajstić information content (AvgIpc) is 2.66. The molecule has 2 aliphatic rings. The molecule has 0 amide bonds. The molecule has 1 saturated heterocycles. The Hall–Kier alpha value is -1.09. The van der Waals surface area contributed by atoms with Gasteiger partial charge < -0.3 is 10.6 Å². The van der Waals surface area contributed by atoms with Crippen LogP contribution in [0.1, 0.15) is 24.1 Å². The van der Waals surface area contributed by atoms with E-state index in [0.717, 1.165) is 31.0 Å². The monoisotopic (exact) mass is 203 g/mol. The fourth-order valence-electron chi connectivity index (χ4n) is 2.65. The molecule has 3 heteroatoms. The molecule has 1 atom stereocenters. The van der Waals surface area contributed by atoms with Crippen molar-refractivity contribution in [1.29, 1.82) is 0 Å². The summed E-state index contributed by atoms with van der Waals surface area (Å²) in [5.74, 6) is 1.12. The number of hydrogen-bond acceptors (Lipinski definition) is 3. The molecule has 0 bridgehead atoms. The summed E-state index contributed by atoms with van der Waals surface area (Å²) < 4.78 is 0. The molecule has 0 aromatic carbocycles. The van der Waals surface area contributed by atoms with Crippen molar-refractivity contribution in [2.75, 3.05) is 18.4 Å². The number of aryl methyl sites for hydroxylation is 2. The van der Waals surface area contributed by atoms with E-state index in [1.54, 1.807) is 0 Å². The van der Waals surface area contributed by atoms with Crippen molar-refractivity contribution < 1.29 is 0 Å². The van der Waals surface area contributed by atoms with Crippen LogP contribution in [0, 0.1) is 6.92 Å². The molecule has 3 heterocycles. The number of pyridine rings is 1. The second kappa shape index (κ2) is 3.20. The second-order valence-corrected chi connectivity index (χ2v) is 4.79. The van der Waals surface area contributed by atoms with Gasteiger partial charge in [-0.2, -0.15) is 0 Å². The summed E-state index contributed by atoms with van der Waals surface area (Å²) in [6.07, 6.45) is 3.62. The summed E-state index contributed by atoms with van der Waals surface area (Å²) in [4.78, 5) is 4.59. The van der Waals surface area contributed by atoms with Crippen LogP contribution in [0.25, 0.3) is 0 Å². The van der Waals surface area contributed by atoms with Crippen LogP contribution < -0.4 is 10.6 Å². The van der Waals surface area contributed by atoms with Crippen molar-refractivity contribution in [3.63, 3.8) is 0 Å². The number of aromatic nitrogens is 1. The zero-order valence-corrected chi connectivity index (χ0v) is 9.14. The van der Waals surface area contributed by atoms with Gasteiger partial charge in [0.25, 0.3) is 0 Å². The zero-order chi connectivity index (χ0) is 10.3. The first-order valence-electron chi connectivity index (χ1n) is 5.73. The van der Waals surface area contributed by atoms with Crippen molar-refractivity contribution in [3.8, 4) is 0 Å². The smallest absolute Gasteiger partial charge is 0.129 e. The first-order valence-corrected chi connectivity index (χ1v) is 5.73. The van der Waals surface area contributed by atoms with E-state index in [-0.39, 0.29) is 5.54 Å². The predicted octanol–water partition coefficient (Wildman–Crippen LogP) is 1.48. The lowest BCUT2D eigenvalue weighted by molar-refractivity contribution is 0.454. The SMILES string of the molecule is Cc1ccc2c(n1)N[C@]1(CCNC1)CC2. The van der Waals surface area contributed by atoms with Crippen LogP contribution in [0.4, 0.5) is 5.82 Å². The van der Waals surface area contributed by atoms with Gasteiger partial charge in [0.05, 0.1) is 5.54 Å². The lowest BCUT2D eigenvalue weighted by Crippen LogP contribution is -2.44. The quantitative estimate of drug-likeness (QED) is 0.670. The summed E-state index contributed by atoms with van der Waals surface area (Å²) in [7, 11) is 0. The third-order valence-corrected chi connectivity index (χ3v) is 3.62. The van der Waals surface area contributed by atoms with Crippen molar-refractivity contribution in [3.05, 3.63) is 23.4 Å². The van der Waals surface area contributed by atoms with Gasteiger partial charge in [0.1, 0.15) is 5.82 Å². The standard InChI is InChI=1S/C12H17N3/c1-9-2-3-10-4-5-12(6-7-13-8-12)15-11(10)14-9/h2-3,13H,4-8H2,1H3,(H,14,15)/t12-/m0/s1. The minimum Gasteiger partial charge on any atom is -0.363 e. The largest absolute Gasteiger partial charge is 0.363 e. The number of anilines is 1. The molecule has 1 fully saturated rings. The summed E-state index contributed by atoms with van der Waals surface area (Å²) in [6, 6.07) is 4.31. The van der Waals surface area contributed by atoms with Gasteiger partial charge in [-0.25, -0.2) is 4.98 Å². The summed E-state index contributed by atoms with van der Waals surface area (Å²) >= 11 is 0. The number of nitrogens with one attached hydrogen (secondary N) is 2. The van der Waals surface area contributed by atoms with Crippen molar-refractivity contribution in [1.82, 2.24) is 10.3 Å². The maximum Gasteiger partial charge on any atom is 0.129 e. The van der Waals surface area contributed by atoms with Crippen molar-refractivity contribution in [2.45, 2.75) is 31.7 Å². The molecular weight excluding hydrogens is 186 g/mol. The Morgan fingerprint density at radius 3 is 3.07 bits per heavy atom.